The number of imidazole rings is 1. The van der Waals surface area contributed by atoms with E-state index in [9.17, 15) is 6.85 Å². The lowest BCUT2D eigenvalue weighted by molar-refractivity contribution is 1.10. The Morgan fingerprint density at radius 3 is 1.84 bits per heavy atom. The molecule has 0 radical (unpaired) electrons. The van der Waals surface area contributed by atoms with Crippen LogP contribution in [0.3, 0.4) is 0 Å². The molecule has 0 aliphatic heterocycles. The van der Waals surface area contributed by atoms with E-state index in [4.69, 9.17) is 18.7 Å². The minimum Gasteiger partial charge on any atom is -0.292 e. The minimum absolute atomic E-state index is 0.0104. The van der Waals surface area contributed by atoms with Crippen molar-refractivity contribution in [3.05, 3.63) is 169 Å². The average Bonchev–Trinajstić information content (AvgIpc) is 3.66. The highest BCUT2D eigenvalue weighted by atomic mass is 15.1. The van der Waals surface area contributed by atoms with E-state index in [2.05, 4.69) is 0 Å². The maximum atomic E-state index is 9.42. The van der Waals surface area contributed by atoms with Crippen molar-refractivity contribution in [2.45, 2.75) is 0 Å². The van der Waals surface area contributed by atoms with Crippen LogP contribution in [0.4, 0.5) is 0 Å². The van der Waals surface area contributed by atoms with Gasteiger partial charge in [-0.3, -0.25) is 4.57 Å². The fourth-order valence-corrected chi connectivity index (χ4v) is 6.03. The predicted molar refractivity (Wildman–Crippen MR) is 190 cm³/mol. The van der Waals surface area contributed by atoms with Gasteiger partial charge in [-0.1, -0.05) is 145 Å². The predicted octanol–water partition coefficient (Wildman–Crippen LogP) is 11.5. The summed E-state index contributed by atoms with van der Waals surface area (Å²) in [5.41, 5.74) is 2.29. The number of hydrogen-bond acceptors (Lipinski definition) is 1. The quantitative estimate of drug-likeness (QED) is 0.187. The highest BCUT2D eigenvalue weighted by molar-refractivity contribution is 6.23. The van der Waals surface area contributed by atoms with Crippen LogP contribution in [-0.4, -0.2) is 9.55 Å². The van der Waals surface area contributed by atoms with Gasteiger partial charge in [0.2, 0.25) is 0 Å². The van der Waals surface area contributed by atoms with E-state index >= 15 is 0 Å². The van der Waals surface area contributed by atoms with Crippen LogP contribution >= 0.6 is 0 Å². The summed E-state index contributed by atoms with van der Waals surface area (Å²) in [6.07, 6.45) is 0. The zero-order valence-electron chi connectivity index (χ0n) is 38.4. The van der Waals surface area contributed by atoms with E-state index in [-0.39, 0.29) is 32.7 Å². The van der Waals surface area contributed by atoms with Crippen molar-refractivity contribution in [3.8, 4) is 39.3 Å². The Morgan fingerprint density at radius 1 is 0.489 bits per heavy atom. The molecular formula is C43H28N2. The zero-order valence-corrected chi connectivity index (χ0v) is 23.4. The molecule has 1 aromatic heterocycles. The molecule has 210 valence electrons. The molecular weight excluding hydrogens is 544 g/mol. The molecule has 0 saturated heterocycles. The van der Waals surface area contributed by atoms with Crippen LogP contribution in [-0.2, 0) is 0 Å². The Morgan fingerprint density at radius 2 is 1.09 bits per heavy atom. The molecule has 2 nitrogen and oxygen atoms in total. The van der Waals surface area contributed by atoms with Crippen molar-refractivity contribution in [1.29, 1.82) is 0 Å². The standard InChI is InChI=1S/C43H28N2/c1-2-15-30(16-3-1)43-44-39-26-10-11-27-40(39)45(43)32-19-12-18-31(28-32)41-35-21-6-8-23-37(35)42(38-24-9-7-22-36(38)41)34-25-13-17-29-14-4-5-20-33(29)34/h1-28H/i4D,5D,6D,7D,8D,9D,13D,14D,17D,20D,21D,22D,23D,24D,25D. The molecule has 0 saturated carbocycles. The van der Waals surface area contributed by atoms with Crippen molar-refractivity contribution in [2.75, 3.05) is 0 Å². The molecule has 0 aliphatic rings. The van der Waals surface area contributed by atoms with Crippen molar-refractivity contribution < 1.29 is 20.6 Å². The maximum absolute atomic E-state index is 9.42. The highest BCUT2D eigenvalue weighted by Crippen LogP contribution is 2.45. The van der Waals surface area contributed by atoms with Crippen LogP contribution < -0.4 is 0 Å². The summed E-state index contributed by atoms with van der Waals surface area (Å²) in [6, 6.07) is 13.6. The molecule has 8 aromatic carbocycles. The number of rotatable bonds is 4. The molecule has 0 aliphatic carbocycles. The van der Waals surface area contributed by atoms with E-state index in [1.807, 2.05) is 65.2 Å². The number of aromatic nitrogens is 2. The van der Waals surface area contributed by atoms with Crippen LogP contribution in [0.15, 0.2) is 169 Å². The first-order valence-corrected chi connectivity index (χ1v) is 14.2. The maximum Gasteiger partial charge on any atom is 0.145 e. The Labute approximate surface area is 282 Å². The number of benzene rings is 8. The van der Waals surface area contributed by atoms with Gasteiger partial charge in [0.15, 0.2) is 0 Å². The van der Waals surface area contributed by atoms with Crippen LogP contribution in [0, 0.1) is 0 Å². The lowest BCUT2D eigenvalue weighted by atomic mass is 9.84. The average molecular weight is 588 g/mol. The third-order valence-electron chi connectivity index (χ3n) is 7.92. The Hall–Kier alpha value is -5.99. The van der Waals surface area contributed by atoms with E-state index in [0.29, 0.717) is 22.6 Å². The van der Waals surface area contributed by atoms with Gasteiger partial charge in [0.05, 0.1) is 31.6 Å². The molecule has 0 spiro atoms. The van der Waals surface area contributed by atoms with Crippen molar-refractivity contribution >= 4 is 43.4 Å². The van der Waals surface area contributed by atoms with E-state index in [1.165, 1.54) is 0 Å². The van der Waals surface area contributed by atoms with Gasteiger partial charge in [-0.2, -0.15) is 0 Å². The molecule has 45 heavy (non-hydrogen) atoms. The fourth-order valence-electron chi connectivity index (χ4n) is 6.03. The monoisotopic (exact) mass is 587 g/mol. The molecule has 2 heteroatoms. The first-order valence-electron chi connectivity index (χ1n) is 21.7. The van der Waals surface area contributed by atoms with Gasteiger partial charge in [-0.05, 0) is 78.8 Å². The topological polar surface area (TPSA) is 17.8 Å². The van der Waals surface area contributed by atoms with Gasteiger partial charge in [0.1, 0.15) is 5.82 Å². The molecule has 1 heterocycles. The molecule has 0 fully saturated rings. The van der Waals surface area contributed by atoms with E-state index < -0.39 is 107 Å². The lowest BCUT2D eigenvalue weighted by Crippen LogP contribution is -1.98. The van der Waals surface area contributed by atoms with Crippen LogP contribution in [0.25, 0.3) is 82.7 Å². The second-order valence-corrected chi connectivity index (χ2v) is 10.4. The fraction of sp³-hybridized carbons (Fsp3) is 0. The summed E-state index contributed by atoms with van der Waals surface area (Å²) < 4.78 is 136. The van der Waals surface area contributed by atoms with Gasteiger partial charge in [-0.25, -0.2) is 4.98 Å². The smallest absolute Gasteiger partial charge is 0.145 e. The Bertz CT molecular complexity index is 3290. The van der Waals surface area contributed by atoms with Gasteiger partial charge in [0.25, 0.3) is 0 Å². The molecule has 0 N–H and O–H groups in total. The third-order valence-corrected chi connectivity index (χ3v) is 7.92. The van der Waals surface area contributed by atoms with Gasteiger partial charge in [-0.15, -0.1) is 0 Å². The largest absolute Gasteiger partial charge is 0.292 e. The SMILES string of the molecule is [2H]c1c([2H])c([2H])c2c(-c3c4c([2H])c([2H])c([2H])c([2H])c4c(-c4cccc(-n5c(-c6ccccc6)nc6ccccc65)c4)c4c([2H])c([2H])c([2H])c([2H])c34)c([2H])c([2H])c([2H])c2c1[2H]. The van der Waals surface area contributed by atoms with E-state index in [0.717, 1.165) is 11.1 Å². The van der Waals surface area contributed by atoms with Gasteiger partial charge >= 0.3 is 0 Å². The summed E-state index contributed by atoms with van der Waals surface area (Å²) in [6.45, 7) is 0. The second-order valence-electron chi connectivity index (χ2n) is 10.4. The zero-order chi connectivity index (χ0) is 42.8. The van der Waals surface area contributed by atoms with Crippen LogP contribution in [0.1, 0.15) is 20.6 Å². The molecule has 0 unspecified atom stereocenters. The van der Waals surface area contributed by atoms with Crippen molar-refractivity contribution in [3.63, 3.8) is 0 Å². The normalized spacial score (nSPS) is 16.2. The van der Waals surface area contributed by atoms with Crippen LogP contribution in [0.5, 0.6) is 0 Å². The summed E-state index contributed by atoms with van der Waals surface area (Å²) >= 11 is 0. The first kappa shape index (κ1) is 14.7. The highest BCUT2D eigenvalue weighted by Gasteiger charge is 2.19. The van der Waals surface area contributed by atoms with Crippen molar-refractivity contribution in [2.24, 2.45) is 0 Å². The van der Waals surface area contributed by atoms with Crippen molar-refractivity contribution in [1.82, 2.24) is 9.55 Å². The number of hydrogen-bond donors (Lipinski definition) is 0. The number of nitrogens with zero attached hydrogens (tertiary/aromatic N) is 2. The molecule has 9 aromatic rings. The van der Waals surface area contributed by atoms with E-state index in [1.54, 1.807) is 18.2 Å². The second kappa shape index (κ2) is 10.3. The molecule has 0 bridgehead atoms. The van der Waals surface area contributed by atoms with Crippen LogP contribution in [0.2, 0.25) is 0 Å². The minimum atomic E-state index is -0.760. The Balaban J connectivity index is 1.54. The lowest BCUT2D eigenvalue weighted by Gasteiger charge is -2.19. The summed E-state index contributed by atoms with van der Waals surface area (Å²) in [5, 5.41) is -1.85. The molecule has 0 atom stereocenters. The molecule has 0 amide bonds. The number of para-hydroxylation sites is 2. The summed E-state index contributed by atoms with van der Waals surface area (Å²) in [7, 11) is 0. The first-order chi connectivity index (χ1) is 28.6. The molecule has 9 rings (SSSR count). The van der Waals surface area contributed by atoms with Gasteiger partial charge < -0.3 is 0 Å². The summed E-state index contributed by atoms with van der Waals surface area (Å²) in [4.78, 5) is 4.93. The Kier molecular flexibility index (Phi) is 3.36. The third kappa shape index (κ3) is 4.07. The number of fused-ring (bicyclic) bond motifs is 4. The van der Waals surface area contributed by atoms with Gasteiger partial charge in [0, 0.05) is 11.3 Å². The summed E-state index contributed by atoms with van der Waals surface area (Å²) in [5.74, 6) is 0.589.